The zero-order valence-corrected chi connectivity index (χ0v) is 53.4. The van der Waals surface area contributed by atoms with Crippen LogP contribution in [0.4, 0.5) is 0 Å². The lowest BCUT2D eigenvalue weighted by Gasteiger charge is -2.25. The van der Waals surface area contributed by atoms with E-state index in [2.05, 4.69) is 31.3 Å². The van der Waals surface area contributed by atoms with Crippen molar-refractivity contribution in [2.75, 3.05) is 40.9 Å². The number of aliphatic hydroxyl groups is 1. The Balaban J connectivity index is 4.03. The maximum atomic E-state index is 13.0. The van der Waals surface area contributed by atoms with Gasteiger partial charge in [-0.3, -0.25) is 13.8 Å². The molecule has 0 aromatic heterocycles. The molecule has 0 saturated carbocycles. The highest BCUT2D eigenvalue weighted by molar-refractivity contribution is 7.47. The summed E-state index contributed by atoms with van der Waals surface area (Å²) in [7, 11) is 1.57. The number of quaternary nitrogens is 1. The van der Waals surface area contributed by atoms with Gasteiger partial charge in [-0.1, -0.05) is 340 Å². The molecule has 0 rings (SSSR count). The van der Waals surface area contributed by atoms with Crippen molar-refractivity contribution in [3.8, 4) is 0 Å². The number of rotatable bonds is 64. The monoisotopic (exact) mass is 1110 g/mol. The number of amides is 1. The van der Waals surface area contributed by atoms with Gasteiger partial charge in [0.15, 0.2) is 0 Å². The first kappa shape index (κ1) is 76.0. The van der Waals surface area contributed by atoms with E-state index in [4.69, 9.17) is 9.05 Å². The Kier molecular flexibility index (Phi) is 58.8. The number of unbranched alkanes of at least 4 members (excludes halogenated alkanes) is 49. The van der Waals surface area contributed by atoms with E-state index in [1.54, 1.807) is 6.08 Å². The SMILES string of the molecule is CCCCCCCCCCCCCCCCCC/C=C/CC/C=C/C(O)C(COP(=O)(O)OCC[N+](C)(C)C)NC(=O)CCCCCCCCCCCCCCCCCCCCCCCCCCCCCCCCCCC. The zero-order chi connectivity index (χ0) is 56.3. The van der Waals surface area contributed by atoms with Crippen molar-refractivity contribution in [3.05, 3.63) is 24.3 Å². The van der Waals surface area contributed by atoms with E-state index in [1.807, 2.05) is 27.2 Å². The number of hydrogen-bond donors (Lipinski definition) is 3. The second-order valence-corrected chi connectivity index (χ2v) is 26.4. The summed E-state index contributed by atoms with van der Waals surface area (Å²) in [5.41, 5.74) is 0. The van der Waals surface area contributed by atoms with Crippen LogP contribution in [0.1, 0.15) is 354 Å². The highest BCUT2D eigenvalue weighted by atomic mass is 31.2. The van der Waals surface area contributed by atoms with Gasteiger partial charge in [-0.05, 0) is 32.1 Å². The summed E-state index contributed by atoms with van der Waals surface area (Å²) in [5, 5.41) is 14.0. The Morgan fingerprint density at radius 3 is 1.04 bits per heavy atom. The Morgan fingerprint density at radius 2 is 0.714 bits per heavy atom. The van der Waals surface area contributed by atoms with E-state index in [9.17, 15) is 19.4 Å². The third-order valence-electron chi connectivity index (χ3n) is 15.9. The molecule has 3 atom stereocenters. The fourth-order valence-corrected chi connectivity index (χ4v) is 11.3. The van der Waals surface area contributed by atoms with Crippen molar-refractivity contribution in [2.24, 2.45) is 0 Å². The lowest BCUT2D eigenvalue weighted by molar-refractivity contribution is -0.870. The highest BCUT2D eigenvalue weighted by Gasteiger charge is 2.28. The molecular formula is C68H136N2O6P+. The molecule has 0 aliphatic carbocycles. The van der Waals surface area contributed by atoms with Gasteiger partial charge < -0.3 is 19.8 Å². The van der Waals surface area contributed by atoms with Crippen molar-refractivity contribution in [2.45, 2.75) is 366 Å². The molecule has 8 nitrogen and oxygen atoms in total. The van der Waals surface area contributed by atoms with Crippen LogP contribution in [0.15, 0.2) is 24.3 Å². The van der Waals surface area contributed by atoms with Gasteiger partial charge in [-0.25, -0.2) is 4.57 Å². The molecule has 0 fully saturated rings. The van der Waals surface area contributed by atoms with Crippen LogP contribution < -0.4 is 5.32 Å². The van der Waals surface area contributed by atoms with Crippen LogP contribution >= 0.6 is 7.82 Å². The molecule has 77 heavy (non-hydrogen) atoms. The number of phosphoric ester groups is 1. The van der Waals surface area contributed by atoms with Crippen LogP contribution in [-0.4, -0.2) is 73.4 Å². The summed E-state index contributed by atoms with van der Waals surface area (Å²) < 4.78 is 23.8. The van der Waals surface area contributed by atoms with Crippen molar-refractivity contribution in [3.63, 3.8) is 0 Å². The Morgan fingerprint density at radius 1 is 0.429 bits per heavy atom. The number of hydrogen-bond acceptors (Lipinski definition) is 5. The molecule has 0 bridgehead atoms. The molecule has 9 heteroatoms. The third-order valence-corrected chi connectivity index (χ3v) is 16.9. The second-order valence-electron chi connectivity index (χ2n) is 24.9. The number of nitrogens with zero attached hydrogens (tertiary/aromatic N) is 1. The minimum atomic E-state index is -4.36. The summed E-state index contributed by atoms with van der Waals surface area (Å²) in [6.07, 6.45) is 77.6. The van der Waals surface area contributed by atoms with E-state index in [0.717, 1.165) is 38.5 Å². The van der Waals surface area contributed by atoms with Crippen LogP contribution in [-0.2, 0) is 18.4 Å². The van der Waals surface area contributed by atoms with E-state index in [1.165, 1.54) is 295 Å². The molecule has 3 unspecified atom stereocenters. The quantitative estimate of drug-likeness (QED) is 0.0243. The van der Waals surface area contributed by atoms with E-state index in [0.29, 0.717) is 17.4 Å². The van der Waals surface area contributed by atoms with Crippen LogP contribution in [0.25, 0.3) is 0 Å². The first-order valence-corrected chi connectivity index (χ1v) is 35.7. The number of likely N-dealkylation sites (N-methyl/N-ethyl adjacent to an activating group) is 1. The van der Waals surface area contributed by atoms with Gasteiger partial charge >= 0.3 is 7.82 Å². The summed E-state index contributed by atoms with van der Waals surface area (Å²) in [5.74, 6) is -0.178. The maximum absolute atomic E-state index is 13.0. The molecule has 1 amide bonds. The number of nitrogens with one attached hydrogen (secondary N) is 1. The van der Waals surface area contributed by atoms with E-state index < -0.39 is 20.0 Å². The standard InChI is InChI=1S/C68H135N2O6P/c1-6-8-10-12-14-16-18-20-22-24-26-28-30-31-32-33-34-35-36-37-38-39-40-42-44-46-48-50-52-54-56-58-60-62-68(72)69-66(65-76-77(73,74)75-64-63-70(3,4)5)67(71)61-59-57-55-53-51-49-47-45-43-41-29-27-25-23-21-19-17-15-13-11-9-7-2/h51,53,59,61,66-67,71H,6-50,52,54-58,60,62-65H2,1-5H3,(H-,69,72,73,74)/p+1/b53-51+,61-59+. The van der Waals surface area contributed by atoms with Crippen LogP contribution in [0.3, 0.4) is 0 Å². The molecule has 0 aromatic carbocycles. The van der Waals surface area contributed by atoms with Gasteiger partial charge in [0.25, 0.3) is 0 Å². The van der Waals surface area contributed by atoms with Gasteiger partial charge in [-0.15, -0.1) is 0 Å². The fraction of sp³-hybridized carbons (Fsp3) is 0.926. The summed E-state index contributed by atoms with van der Waals surface area (Å²) >= 11 is 0. The lowest BCUT2D eigenvalue weighted by atomic mass is 10.0. The number of carbonyl (C=O) groups excluding carboxylic acids is 1. The predicted molar refractivity (Wildman–Crippen MR) is 337 cm³/mol. The van der Waals surface area contributed by atoms with Crippen molar-refractivity contribution in [1.82, 2.24) is 5.32 Å². The Bertz CT molecular complexity index is 1300. The minimum Gasteiger partial charge on any atom is -0.387 e. The smallest absolute Gasteiger partial charge is 0.387 e. The molecule has 0 spiro atoms. The lowest BCUT2D eigenvalue weighted by Crippen LogP contribution is -2.45. The Hall–Kier alpha value is -1.02. The molecule has 0 heterocycles. The van der Waals surface area contributed by atoms with Crippen molar-refractivity contribution < 1.29 is 32.9 Å². The molecule has 458 valence electrons. The van der Waals surface area contributed by atoms with E-state index >= 15 is 0 Å². The normalized spacial score (nSPS) is 13.8. The number of aliphatic hydroxyl groups excluding tert-OH is 1. The average molecular weight is 1110 g/mol. The third kappa shape index (κ3) is 62.4. The van der Waals surface area contributed by atoms with Gasteiger partial charge in [0.1, 0.15) is 13.2 Å². The molecule has 0 aliphatic heterocycles. The first-order valence-electron chi connectivity index (χ1n) is 34.2. The second kappa shape index (κ2) is 59.6. The largest absolute Gasteiger partial charge is 0.472 e. The summed E-state index contributed by atoms with van der Waals surface area (Å²) in [6.45, 7) is 4.86. The number of allylic oxidation sites excluding steroid dienone is 3. The fourth-order valence-electron chi connectivity index (χ4n) is 10.6. The molecule has 0 aliphatic rings. The zero-order valence-electron chi connectivity index (χ0n) is 52.5. The summed E-state index contributed by atoms with van der Waals surface area (Å²) in [6, 6.07) is -0.861. The average Bonchev–Trinajstić information content (AvgIpc) is 3.39. The van der Waals surface area contributed by atoms with Gasteiger partial charge in [0.05, 0.1) is 39.9 Å². The molecule has 0 saturated heterocycles. The van der Waals surface area contributed by atoms with E-state index in [-0.39, 0.29) is 19.1 Å². The molecule has 0 aromatic rings. The molecule has 0 radical (unpaired) electrons. The number of phosphoric acid groups is 1. The summed E-state index contributed by atoms with van der Waals surface area (Å²) in [4.78, 5) is 23.4. The molecular weight excluding hydrogens is 972 g/mol. The van der Waals surface area contributed by atoms with Crippen molar-refractivity contribution in [1.29, 1.82) is 0 Å². The predicted octanol–water partition coefficient (Wildman–Crippen LogP) is 21.5. The van der Waals surface area contributed by atoms with Crippen LogP contribution in [0.5, 0.6) is 0 Å². The van der Waals surface area contributed by atoms with Gasteiger partial charge in [-0.2, -0.15) is 0 Å². The topological polar surface area (TPSA) is 105 Å². The first-order chi connectivity index (χ1) is 37.5. The highest BCUT2D eigenvalue weighted by Crippen LogP contribution is 2.43. The minimum absolute atomic E-state index is 0.0590. The van der Waals surface area contributed by atoms with Crippen molar-refractivity contribution >= 4 is 13.7 Å². The van der Waals surface area contributed by atoms with Gasteiger partial charge in [0.2, 0.25) is 5.91 Å². The van der Waals surface area contributed by atoms with Gasteiger partial charge in [0, 0.05) is 6.42 Å². The Labute approximate surface area is 481 Å². The maximum Gasteiger partial charge on any atom is 0.472 e. The van der Waals surface area contributed by atoms with Crippen LogP contribution in [0.2, 0.25) is 0 Å². The number of carbonyl (C=O) groups is 1. The molecule has 3 N–H and O–H groups in total. The van der Waals surface area contributed by atoms with Crippen LogP contribution in [0, 0.1) is 0 Å².